The van der Waals surface area contributed by atoms with E-state index in [9.17, 15) is 0 Å². The summed E-state index contributed by atoms with van der Waals surface area (Å²) in [6.07, 6.45) is 0. The van der Waals surface area contributed by atoms with Crippen molar-refractivity contribution in [1.82, 2.24) is 6.15 Å². The van der Waals surface area contributed by atoms with Crippen LogP contribution >= 0.6 is 0 Å². The molecular weight excluding hydrogens is 398 g/mol. The van der Waals surface area contributed by atoms with E-state index < -0.39 is 0 Å². The maximum Gasteiger partial charge on any atom is 0.127 e. The van der Waals surface area contributed by atoms with Crippen molar-refractivity contribution in [2.75, 3.05) is 11.5 Å². The second-order valence-electron chi connectivity index (χ2n) is 8.02. The molecule has 4 aromatic carbocycles. The first-order chi connectivity index (χ1) is 14.9. The molecule has 5 nitrogen and oxygen atoms in total. The first kappa shape index (κ1) is 22.7. The van der Waals surface area contributed by atoms with Crippen LogP contribution in [0.5, 0.6) is 23.0 Å². The zero-order valence-electron chi connectivity index (χ0n) is 18.4. The van der Waals surface area contributed by atoms with Crippen molar-refractivity contribution in [3.8, 4) is 23.0 Å². The van der Waals surface area contributed by atoms with Crippen LogP contribution in [0.1, 0.15) is 25.0 Å². The van der Waals surface area contributed by atoms with Crippen LogP contribution in [-0.2, 0) is 5.41 Å². The molecule has 164 valence electrons. The molecule has 0 aliphatic carbocycles. The lowest BCUT2D eigenvalue weighted by Gasteiger charge is -2.26. The second kappa shape index (κ2) is 9.45. The summed E-state index contributed by atoms with van der Waals surface area (Å²) in [6, 6.07) is 31.1. The first-order valence-electron chi connectivity index (χ1n) is 10.2. The van der Waals surface area contributed by atoms with E-state index in [0.29, 0.717) is 11.4 Å². The van der Waals surface area contributed by atoms with Crippen molar-refractivity contribution in [3.05, 3.63) is 108 Å². The number of ether oxygens (including phenoxy) is 2. The van der Waals surface area contributed by atoms with Crippen molar-refractivity contribution >= 4 is 11.4 Å². The van der Waals surface area contributed by atoms with Crippen molar-refractivity contribution < 1.29 is 9.47 Å². The summed E-state index contributed by atoms with van der Waals surface area (Å²) in [5, 5.41) is 0. The highest BCUT2D eigenvalue weighted by Crippen LogP contribution is 2.34. The van der Waals surface area contributed by atoms with E-state index in [-0.39, 0.29) is 11.6 Å². The predicted molar refractivity (Wildman–Crippen MR) is 132 cm³/mol. The van der Waals surface area contributed by atoms with Crippen molar-refractivity contribution in [2.24, 2.45) is 0 Å². The number of hydrogen-bond donors (Lipinski definition) is 3. The molecule has 0 amide bonds. The van der Waals surface area contributed by atoms with Gasteiger partial charge in [0.15, 0.2) is 0 Å². The highest BCUT2D eigenvalue weighted by Gasteiger charge is 2.23. The molecule has 0 atom stereocenters. The topological polar surface area (TPSA) is 106 Å². The Morgan fingerprint density at radius 2 is 0.719 bits per heavy atom. The Morgan fingerprint density at radius 3 is 1.00 bits per heavy atom. The third-order valence-corrected chi connectivity index (χ3v) is 5.38. The smallest absolute Gasteiger partial charge is 0.127 e. The summed E-state index contributed by atoms with van der Waals surface area (Å²) < 4.78 is 11.8. The summed E-state index contributed by atoms with van der Waals surface area (Å²) in [5.74, 6) is 3.10. The fourth-order valence-electron chi connectivity index (χ4n) is 3.39. The van der Waals surface area contributed by atoms with Gasteiger partial charge < -0.3 is 27.1 Å². The van der Waals surface area contributed by atoms with E-state index in [2.05, 4.69) is 38.1 Å². The molecular formula is C27H29N3O2. The number of benzene rings is 4. The zero-order valence-corrected chi connectivity index (χ0v) is 18.4. The molecule has 0 unspecified atom stereocenters. The normalized spacial score (nSPS) is 10.8. The van der Waals surface area contributed by atoms with Gasteiger partial charge in [0.2, 0.25) is 0 Å². The first-order valence-corrected chi connectivity index (χ1v) is 10.2. The van der Waals surface area contributed by atoms with E-state index in [1.165, 1.54) is 11.1 Å². The molecule has 0 spiro atoms. The van der Waals surface area contributed by atoms with Crippen LogP contribution in [0.15, 0.2) is 97.1 Å². The van der Waals surface area contributed by atoms with Gasteiger partial charge in [-0.05, 0) is 83.9 Å². The summed E-state index contributed by atoms with van der Waals surface area (Å²) >= 11 is 0. The fraction of sp³-hybridized carbons (Fsp3) is 0.111. The minimum atomic E-state index is -0.167. The molecule has 4 rings (SSSR count). The van der Waals surface area contributed by atoms with Crippen LogP contribution in [-0.4, -0.2) is 0 Å². The Balaban J connectivity index is 0.00000289. The summed E-state index contributed by atoms with van der Waals surface area (Å²) in [4.78, 5) is 0. The molecule has 5 heteroatoms. The number of nitrogens with two attached hydrogens (primary N) is 2. The average Bonchev–Trinajstić information content (AvgIpc) is 2.78. The fourth-order valence-corrected chi connectivity index (χ4v) is 3.39. The Hall–Kier alpha value is -3.96. The van der Waals surface area contributed by atoms with Crippen LogP contribution in [0.2, 0.25) is 0 Å². The van der Waals surface area contributed by atoms with Gasteiger partial charge >= 0.3 is 0 Å². The van der Waals surface area contributed by atoms with Gasteiger partial charge in [-0.15, -0.1) is 0 Å². The lowest BCUT2D eigenvalue weighted by atomic mass is 9.78. The van der Waals surface area contributed by atoms with Gasteiger partial charge in [0, 0.05) is 16.8 Å². The Bertz CT molecular complexity index is 1040. The molecule has 0 radical (unpaired) electrons. The molecule has 0 fully saturated rings. The molecule has 7 N–H and O–H groups in total. The lowest BCUT2D eigenvalue weighted by Crippen LogP contribution is -2.18. The second-order valence-corrected chi connectivity index (χ2v) is 8.02. The summed E-state index contributed by atoms with van der Waals surface area (Å²) in [5.41, 5.74) is 15.1. The number of hydrogen-bond acceptors (Lipinski definition) is 5. The molecule has 0 saturated carbocycles. The highest BCUT2D eigenvalue weighted by atomic mass is 16.5. The van der Waals surface area contributed by atoms with E-state index in [1.807, 2.05) is 72.8 Å². The lowest BCUT2D eigenvalue weighted by molar-refractivity contribution is 0.481. The standard InChI is InChI=1S/C27H26N2O2.H3N/c1-27(2,19-3-11-23(12-4-19)30-25-15-7-21(28)8-16-25)20-5-13-24(14-6-20)31-26-17-9-22(29)10-18-26;/h3-18H,28-29H2,1-2H3;1H3. The molecule has 32 heavy (non-hydrogen) atoms. The molecule has 0 aliphatic heterocycles. The van der Waals surface area contributed by atoms with Crippen LogP contribution in [0.25, 0.3) is 0 Å². The van der Waals surface area contributed by atoms with Gasteiger partial charge in [0.1, 0.15) is 23.0 Å². The molecule has 0 heterocycles. The van der Waals surface area contributed by atoms with Crippen LogP contribution < -0.4 is 27.1 Å². The third-order valence-electron chi connectivity index (χ3n) is 5.38. The van der Waals surface area contributed by atoms with E-state index >= 15 is 0 Å². The Labute approximate surface area is 189 Å². The Kier molecular flexibility index (Phi) is 6.71. The zero-order chi connectivity index (χ0) is 21.8. The summed E-state index contributed by atoms with van der Waals surface area (Å²) in [7, 11) is 0. The van der Waals surface area contributed by atoms with Crippen molar-refractivity contribution in [2.45, 2.75) is 19.3 Å². The Morgan fingerprint density at radius 1 is 0.469 bits per heavy atom. The predicted octanol–water partition coefficient (Wildman–Crippen LogP) is 6.92. The highest BCUT2D eigenvalue weighted by molar-refractivity contribution is 5.46. The van der Waals surface area contributed by atoms with Crippen molar-refractivity contribution in [3.63, 3.8) is 0 Å². The SMILES string of the molecule is CC(C)(c1ccc(Oc2ccc(N)cc2)cc1)c1ccc(Oc2ccc(N)cc2)cc1.N. The van der Waals surface area contributed by atoms with Gasteiger partial charge in [-0.25, -0.2) is 0 Å². The van der Waals surface area contributed by atoms with Crippen molar-refractivity contribution in [1.29, 1.82) is 0 Å². The number of anilines is 2. The minimum absolute atomic E-state index is 0. The molecule has 0 saturated heterocycles. The van der Waals surface area contributed by atoms with Crippen LogP contribution in [0.4, 0.5) is 11.4 Å². The average molecular weight is 428 g/mol. The molecule has 0 aromatic heterocycles. The maximum atomic E-state index is 5.91. The van der Waals surface area contributed by atoms with E-state index in [0.717, 1.165) is 23.0 Å². The summed E-state index contributed by atoms with van der Waals surface area (Å²) in [6.45, 7) is 4.41. The van der Waals surface area contributed by atoms with Crippen LogP contribution in [0, 0.1) is 0 Å². The van der Waals surface area contributed by atoms with E-state index in [1.54, 1.807) is 0 Å². The van der Waals surface area contributed by atoms with Crippen LogP contribution in [0.3, 0.4) is 0 Å². The van der Waals surface area contributed by atoms with Gasteiger partial charge in [0.25, 0.3) is 0 Å². The van der Waals surface area contributed by atoms with Gasteiger partial charge in [0.05, 0.1) is 0 Å². The molecule has 0 aliphatic rings. The van der Waals surface area contributed by atoms with Gasteiger partial charge in [-0.3, -0.25) is 0 Å². The third kappa shape index (κ3) is 5.20. The quantitative estimate of drug-likeness (QED) is 0.289. The van der Waals surface area contributed by atoms with E-state index in [4.69, 9.17) is 20.9 Å². The molecule has 0 bridgehead atoms. The minimum Gasteiger partial charge on any atom is -0.457 e. The monoisotopic (exact) mass is 427 g/mol. The number of nitrogen functional groups attached to an aromatic ring is 2. The van der Waals surface area contributed by atoms with Gasteiger partial charge in [-0.1, -0.05) is 38.1 Å². The van der Waals surface area contributed by atoms with Gasteiger partial charge in [-0.2, -0.15) is 0 Å². The number of rotatable bonds is 6. The largest absolute Gasteiger partial charge is 0.457 e. The maximum absolute atomic E-state index is 5.91. The molecule has 4 aromatic rings.